The lowest BCUT2D eigenvalue weighted by molar-refractivity contribution is -0.114. The third-order valence-electron chi connectivity index (χ3n) is 4.69. The zero-order valence-electron chi connectivity index (χ0n) is 16.7. The van der Waals surface area contributed by atoms with Gasteiger partial charge in [-0.2, -0.15) is 5.10 Å². The summed E-state index contributed by atoms with van der Waals surface area (Å²) in [5.74, 6) is -0.394. The molecule has 0 saturated heterocycles. The van der Waals surface area contributed by atoms with E-state index in [2.05, 4.69) is 15.7 Å². The number of benzene rings is 2. The molecule has 150 valence electrons. The smallest absolute Gasteiger partial charge is 0.256 e. The molecule has 2 aromatic heterocycles. The van der Waals surface area contributed by atoms with E-state index in [1.807, 2.05) is 37.3 Å². The summed E-state index contributed by atoms with van der Waals surface area (Å²) in [6.45, 7) is 4.09. The number of carbonyl (C=O) groups is 2. The fraction of sp³-hybridized carbons (Fsp3) is 0.130. The highest BCUT2D eigenvalue weighted by atomic mass is 16.2. The van der Waals surface area contributed by atoms with Crippen molar-refractivity contribution in [2.75, 3.05) is 10.6 Å². The standard InChI is InChI=1S/C23H21N5O2/c1-3-28-22-20(14-24-28)19(13-21(27-22)16-7-5-4-6-8-16)23(30)26-18-11-9-17(10-12-18)25-15(2)29/h4-14H,3H2,1-2H3,(H,25,29)(H,26,30). The van der Waals surface area contributed by atoms with E-state index < -0.39 is 0 Å². The van der Waals surface area contributed by atoms with E-state index in [4.69, 9.17) is 4.98 Å². The first-order valence-electron chi connectivity index (χ1n) is 9.66. The second-order valence-corrected chi connectivity index (χ2v) is 6.83. The highest BCUT2D eigenvalue weighted by Gasteiger charge is 2.17. The van der Waals surface area contributed by atoms with E-state index in [1.54, 1.807) is 41.2 Å². The van der Waals surface area contributed by atoms with Crippen molar-refractivity contribution in [3.8, 4) is 11.3 Å². The van der Waals surface area contributed by atoms with Crippen LogP contribution in [0.3, 0.4) is 0 Å². The Morgan fingerprint density at radius 3 is 2.27 bits per heavy atom. The maximum Gasteiger partial charge on any atom is 0.256 e. The Morgan fingerprint density at radius 2 is 1.63 bits per heavy atom. The molecule has 2 N–H and O–H groups in total. The van der Waals surface area contributed by atoms with Gasteiger partial charge in [0.05, 0.1) is 22.8 Å². The monoisotopic (exact) mass is 399 g/mol. The van der Waals surface area contributed by atoms with Crippen LogP contribution in [0.15, 0.2) is 66.9 Å². The molecule has 4 aromatic rings. The van der Waals surface area contributed by atoms with Gasteiger partial charge in [-0.1, -0.05) is 30.3 Å². The van der Waals surface area contributed by atoms with Gasteiger partial charge in [0, 0.05) is 30.4 Å². The van der Waals surface area contributed by atoms with Crippen molar-refractivity contribution < 1.29 is 9.59 Å². The Labute approximate surface area is 173 Å². The molecule has 2 heterocycles. The van der Waals surface area contributed by atoms with Gasteiger partial charge in [0.1, 0.15) is 0 Å². The molecule has 0 atom stereocenters. The van der Waals surface area contributed by atoms with Crippen LogP contribution in [0.5, 0.6) is 0 Å². The van der Waals surface area contributed by atoms with Crippen LogP contribution in [0.4, 0.5) is 11.4 Å². The van der Waals surface area contributed by atoms with E-state index in [9.17, 15) is 9.59 Å². The molecule has 0 aliphatic carbocycles. The molecule has 0 bridgehead atoms. The number of aryl methyl sites for hydroxylation is 1. The molecule has 2 aromatic carbocycles. The first-order chi connectivity index (χ1) is 14.5. The van der Waals surface area contributed by atoms with E-state index in [0.717, 1.165) is 5.56 Å². The minimum atomic E-state index is -0.248. The SMILES string of the molecule is CCn1ncc2c(C(=O)Nc3ccc(NC(C)=O)cc3)cc(-c3ccccc3)nc21. The van der Waals surface area contributed by atoms with Crippen LogP contribution < -0.4 is 10.6 Å². The second kappa shape index (κ2) is 8.16. The number of nitrogens with one attached hydrogen (secondary N) is 2. The molecule has 7 nitrogen and oxygen atoms in total. The number of pyridine rings is 1. The number of nitrogens with zero attached hydrogens (tertiary/aromatic N) is 3. The van der Waals surface area contributed by atoms with Crippen molar-refractivity contribution in [3.05, 3.63) is 72.4 Å². The molecule has 0 fully saturated rings. The molecular formula is C23H21N5O2. The predicted molar refractivity (Wildman–Crippen MR) is 117 cm³/mol. The van der Waals surface area contributed by atoms with Gasteiger partial charge in [-0.25, -0.2) is 9.67 Å². The van der Waals surface area contributed by atoms with Gasteiger partial charge >= 0.3 is 0 Å². The third-order valence-corrected chi connectivity index (χ3v) is 4.69. The zero-order valence-corrected chi connectivity index (χ0v) is 16.7. The average molecular weight is 399 g/mol. The maximum absolute atomic E-state index is 13.1. The lowest BCUT2D eigenvalue weighted by atomic mass is 10.1. The van der Waals surface area contributed by atoms with Crippen LogP contribution in [0.25, 0.3) is 22.3 Å². The largest absolute Gasteiger partial charge is 0.326 e. The number of carbonyl (C=O) groups excluding carboxylic acids is 2. The third kappa shape index (κ3) is 3.91. The summed E-state index contributed by atoms with van der Waals surface area (Å²) in [5.41, 5.74) is 4.11. The average Bonchev–Trinajstić information content (AvgIpc) is 3.17. The number of hydrogen-bond donors (Lipinski definition) is 2. The van der Waals surface area contributed by atoms with Crippen LogP contribution in [-0.2, 0) is 11.3 Å². The Bertz CT molecular complexity index is 1210. The zero-order chi connectivity index (χ0) is 21.1. The molecule has 0 saturated carbocycles. The Kier molecular flexibility index (Phi) is 5.26. The molecule has 0 spiro atoms. The molecule has 7 heteroatoms. The summed E-state index contributed by atoms with van der Waals surface area (Å²) in [4.78, 5) is 29.0. The van der Waals surface area contributed by atoms with E-state index in [-0.39, 0.29) is 11.8 Å². The fourth-order valence-electron chi connectivity index (χ4n) is 3.26. The Balaban J connectivity index is 1.71. The minimum Gasteiger partial charge on any atom is -0.326 e. The van der Waals surface area contributed by atoms with Crippen molar-refractivity contribution in [1.82, 2.24) is 14.8 Å². The van der Waals surface area contributed by atoms with Gasteiger partial charge in [0.25, 0.3) is 5.91 Å². The number of hydrogen-bond acceptors (Lipinski definition) is 4. The molecular weight excluding hydrogens is 378 g/mol. The Hall–Kier alpha value is -4.00. The van der Waals surface area contributed by atoms with Gasteiger partial charge in [0.15, 0.2) is 5.65 Å². The summed E-state index contributed by atoms with van der Waals surface area (Å²) in [6.07, 6.45) is 1.68. The number of anilines is 2. The van der Waals surface area contributed by atoms with E-state index in [0.29, 0.717) is 40.2 Å². The molecule has 0 unspecified atom stereocenters. The molecule has 0 aliphatic rings. The topological polar surface area (TPSA) is 88.9 Å². The van der Waals surface area contributed by atoms with Crippen molar-refractivity contribution in [2.45, 2.75) is 20.4 Å². The van der Waals surface area contributed by atoms with E-state index in [1.165, 1.54) is 6.92 Å². The van der Waals surface area contributed by atoms with Gasteiger partial charge in [0.2, 0.25) is 5.91 Å². The summed E-state index contributed by atoms with van der Waals surface area (Å²) in [5, 5.41) is 10.7. The molecule has 2 amide bonds. The van der Waals surface area contributed by atoms with Gasteiger partial charge in [-0.05, 0) is 37.3 Å². The van der Waals surface area contributed by atoms with Crippen LogP contribution in [0.2, 0.25) is 0 Å². The van der Waals surface area contributed by atoms with E-state index >= 15 is 0 Å². The van der Waals surface area contributed by atoms with Crippen molar-refractivity contribution in [2.24, 2.45) is 0 Å². The second-order valence-electron chi connectivity index (χ2n) is 6.83. The molecule has 0 radical (unpaired) electrons. The molecule has 4 rings (SSSR count). The van der Waals surface area contributed by atoms with Gasteiger partial charge in [-0.3, -0.25) is 9.59 Å². The van der Waals surface area contributed by atoms with Crippen LogP contribution in [-0.4, -0.2) is 26.6 Å². The van der Waals surface area contributed by atoms with Gasteiger partial charge in [-0.15, -0.1) is 0 Å². The first-order valence-corrected chi connectivity index (χ1v) is 9.66. The van der Waals surface area contributed by atoms with Gasteiger partial charge < -0.3 is 10.6 Å². The number of amides is 2. The fourth-order valence-corrected chi connectivity index (χ4v) is 3.26. The highest BCUT2D eigenvalue weighted by Crippen LogP contribution is 2.26. The first kappa shape index (κ1) is 19.3. The highest BCUT2D eigenvalue weighted by molar-refractivity contribution is 6.12. The normalized spacial score (nSPS) is 10.7. The maximum atomic E-state index is 13.1. The number of aromatic nitrogens is 3. The minimum absolute atomic E-state index is 0.146. The lowest BCUT2D eigenvalue weighted by Crippen LogP contribution is -2.13. The Morgan fingerprint density at radius 1 is 0.967 bits per heavy atom. The van der Waals surface area contributed by atoms with Crippen molar-refractivity contribution >= 4 is 34.2 Å². The molecule has 0 aliphatic heterocycles. The predicted octanol–water partition coefficient (Wildman–Crippen LogP) is 4.33. The van der Waals surface area contributed by atoms with Crippen LogP contribution in [0, 0.1) is 0 Å². The van der Waals surface area contributed by atoms with Crippen molar-refractivity contribution in [1.29, 1.82) is 0 Å². The summed E-state index contributed by atoms with van der Waals surface area (Å²) < 4.78 is 1.78. The summed E-state index contributed by atoms with van der Waals surface area (Å²) in [7, 11) is 0. The van der Waals surface area contributed by atoms with Crippen molar-refractivity contribution in [3.63, 3.8) is 0 Å². The molecule has 30 heavy (non-hydrogen) atoms. The summed E-state index contributed by atoms with van der Waals surface area (Å²) >= 11 is 0. The van der Waals surface area contributed by atoms with Crippen LogP contribution in [0.1, 0.15) is 24.2 Å². The lowest BCUT2D eigenvalue weighted by Gasteiger charge is -2.10. The van der Waals surface area contributed by atoms with Crippen LogP contribution >= 0.6 is 0 Å². The quantitative estimate of drug-likeness (QED) is 0.523. The number of rotatable bonds is 5. The number of fused-ring (bicyclic) bond motifs is 1. The summed E-state index contributed by atoms with van der Waals surface area (Å²) in [6, 6.07) is 18.5.